The quantitative estimate of drug-likeness (QED) is 0.512. The molecule has 0 radical (unpaired) electrons. The summed E-state index contributed by atoms with van der Waals surface area (Å²) in [4.78, 5) is 26.7. The second-order valence-corrected chi connectivity index (χ2v) is 3.98. The number of carbonyl (C=O) groups excluding carboxylic acids is 2. The predicted molar refractivity (Wildman–Crippen MR) is 75.5 cm³/mol. The normalized spacial score (nSPS) is 9.95. The molecule has 4 nitrogen and oxygen atoms in total. The summed E-state index contributed by atoms with van der Waals surface area (Å²) in [6.07, 6.45) is 0. The van der Waals surface area contributed by atoms with Gasteiger partial charge in [0.25, 0.3) is 11.8 Å². The van der Waals surface area contributed by atoms with Gasteiger partial charge in [0.15, 0.2) is 0 Å². The number of hydrazine groups is 1. The second kappa shape index (κ2) is 6.17. The first-order valence-corrected chi connectivity index (χ1v) is 6.07. The van der Waals surface area contributed by atoms with E-state index in [2.05, 4.69) is 17.6 Å². The van der Waals surface area contributed by atoms with Gasteiger partial charge < -0.3 is 0 Å². The van der Waals surface area contributed by atoms with E-state index in [4.69, 9.17) is 0 Å². The SMILES string of the molecule is O=C(c1ccccc1)N(NS)C(=O)c1ccccc1. The van der Waals surface area contributed by atoms with Crippen molar-refractivity contribution >= 4 is 24.6 Å². The van der Waals surface area contributed by atoms with E-state index in [-0.39, 0.29) is 0 Å². The van der Waals surface area contributed by atoms with Gasteiger partial charge in [-0.1, -0.05) is 49.2 Å². The van der Waals surface area contributed by atoms with E-state index < -0.39 is 11.8 Å². The minimum Gasteiger partial charge on any atom is -0.267 e. The van der Waals surface area contributed by atoms with Crippen LogP contribution in [0.1, 0.15) is 20.7 Å². The summed E-state index contributed by atoms with van der Waals surface area (Å²) in [5, 5.41) is 0.869. The number of benzene rings is 2. The maximum absolute atomic E-state index is 12.2. The Morgan fingerprint density at radius 3 is 1.47 bits per heavy atom. The maximum atomic E-state index is 12.2. The Morgan fingerprint density at radius 2 is 1.16 bits per heavy atom. The van der Waals surface area contributed by atoms with Gasteiger partial charge in [-0.3, -0.25) is 9.59 Å². The first-order chi connectivity index (χ1) is 9.24. The van der Waals surface area contributed by atoms with E-state index in [1.54, 1.807) is 60.7 Å². The third-order valence-corrected chi connectivity index (χ3v) is 2.75. The number of amides is 2. The predicted octanol–water partition coefficient (Wildman–Crippen LogP) is 2.32. The molecular formula is C14H12N2O2S. The Morgan fingerprint density at radius 1 is 0.789 bits per heavy atom. The van der Waals surface area contributed by atoms with E-state index in [1.165, 1.54) is 0 Å². The molecule has 5 heteroatoms. The lowest BCUT2D eigenvalue weighted by molar-refractivity contribution is 0.0588. The van der Waals surface area contributed by atoms with Crippen molar-refractivity contribution < 1.29 is 9.59 Å². The van der Waals surface area contributed by atoms with Crippen LogP contribution >= 0.6 is 12.8 Å². The van der Waals surface area contributed by atoms with Gasteiger partial charge in [0, 0.05) is 11.1 Å². The van der Waals surface area contributed by atoms with Crippen LogP contribution in [-0.4, -0.2) is 16.8 Å². The number of imide groups is 1. The Bertz CT molecular complexity index is 521. The van der Waals surface area contributed by atoms with Crippen molar-refractivity contribution in [3.63, 3.8) is 0 Å². The average Bonchev–Trinajstić information content (AvgIpc) is 2.49. The minimum absolute atomic E-state index is 0.410. The molecule has 2 aromatic carbocycles. The Hall–Kier alpha value is -2.11. The number of hydrogen-bond donors (Lipinski definition) is 2. The molecule has 0 aliphatic carbocycles. The summed E-state index contributed by atoms with van der Waals surface area (Å²) >= 11 is 3.83. The maximum Gasteiger partial charge on any atom is 0.276 e. The standard InChI is InChI=1S/C14H12N2O2S/c17-13(11-7-3-1-4-8-11)16(15-19)14(18)12-9-5-2-6-10-12/h1-10,15,19H. The van der Waals surface area contributed by atoms with E-state index >= 15 is 0 Å². The lowest BCUT2D eigenvalue weighted by atomic mass is 10.2. The number of nitrogens with one attached hydrogen (secondary N) is 1. The summed E-state index contributed by atoms with van der Waals surface area (Å²) in [7, 11) is 0. The van der Waals surface area contributed by atoms with E-state index in [1.807, 2.05) is 0 Å². The molecule has 0 aromatic heterocycles. The molecule has 0 aliphatic rings. The Balaban J connectivity index is 2.26. The number of nitrogens with zero attached hydrogens (tertiary/aromatic N) is 1. The van der Waals surface area contributed by atoms with Crippen molar-refractivity contribution in [2.75, 3.05) is 0 Å². The topological polar surface area (TPSA) is 49.4 Å². The fraction of sp³-hybridized carbons (Fsp3) is 0. The first kappa shape index (κ1) is 13.3. The van der Waals surface area contributed by atoms with Crippen LogP contribution in [0.15, 0.2) is 60.7 Å². The smallest absolute Gasteiger partial charge is 0.267 e. The van der Waals surface area contributed by atoms with Crippen LogP contribution in [0.4, 0.5) is 0 Å². The van der Waals surface area contributed by atoms with Crippen LogP contribution < -0.4 is 4.83 Å². The molecule has 0 bridgehead atoms. The molecule has 0 fully saturated rings. The van der Waals surface area contributed by atoms with Gasteiger partial charge in [0.1, 0.15) is 0 Å². The second-order valence-electron chi connectivity index (χ2n) is 3.78. The van der Waals surface area contributed by atoms with Crippen molar-refractivity contribution in [3.05, 3.63) is 71.8 Å². The molecule has 0 heterocycles. The number of carbonyl (C=O) groups is 2. The summed E-state index contributed by atoms with van der Waals surface area (Å²) < 4.78 is 0. The summed E-state index contributed by atoms with van der Waals surface area (Å²) in [5.74, 6) is -0.908. The summed E-state index contributed by atoms with van der Waals surface area (Å²) in [6.45, 7) is 0. The van der Waals surface area contributed by atoms with Crippen molar-refractivity contribution in [1.82, 2.24) is 9.84 Å². The van der Waals surface area contributed by atoms with Gasteiger partial charge in [-0.2, -0.15) is 9.84 Å². The molecule has 19 heavy (non-hydrogen) atoms. The molecular weight excluding hydrogens is 260 g/mol. The van der Waals surface area contributed by atoms with Gasteiger partial charge in [-0.15, -0.1) is 0 Å². The van der Waals surface area contributed by atoms with Crippen LogP contribution in [0.2, 0.25) is 0 Å². The zero-order valence-electron chi connectivity index (χ0n) is 9.98. The van der Waals surface area contributed by atoms with Crippen molar-refractivity contribution in [1.29, 1.82) is 0 Å². The molecule has 0 spiro atoms. The molecule has 2 rings (SSSR count). The largest absolute Gasteiger partial charge is 0.276 e. The van der Waals surface area contributed by atoms with Gasteiger partial charge in [0.05, 0.1) is 0 Å². The molecule has 2 aromatic rings. The monoisotopic (exact) mass is 272 g/mol. The van der Waals surface area contributed by atoms with E-state index in [9.17, 15) is 9.59 Å². The van der Waals surface area contributed by atoms with Gasteiger partial charge in [-0.25, -0.2) is 0 Å². The van der Waals surface area contributed by atoms with Crippen LogP contribution in [-0.2, 0) is 0 Å². The highest BCUT2D eigenvalue weighted by Crippen LogP contribution is 2.08. The highest BCUT2D eigenvalue weighted by atomic mass is 32.1. The molecule has 0 atom stereocenters. The van der Waals surface area contributed by atoms with E-state index in [0.717, 1.165) is 5.01 Å². The molecule has 0 saturated carbocycles. The van der Waals surface area contributed by atoms with Crippen molar-refractivity contribution in [2.45, 2.75) is 0 Å². The molecule has 0 aliphatic heterocycles. The third kappa shape index (κ3) is 3.01. The van der Waals surface area contributed by atoms with Crippen LogP contribution in [0.5, 0.6) is 0 Å². The fourth-order valence-corrected chi connectivity index (χ4v) is 1.78. The van der Waals surface area contributed by atoms with Gasteiger partial charge in [-0.05, 0) is 24.3 Å². The number of thiol groups is 1. The minimum atomic E-state index is -0.454. The summed E-state index contributed by atoms with van der Waals surface area (Å²) in [6, 6.07) is 17.1. The number of rotatable bonds is 3. The Labute approximate surface area is 116 Å². The number of hydrogen-bond acceptors (Lipinski definition) is 4. The summed E-state index contributed by atoms with van der Waals surface area (Å²) in [5.41, 5.74) is 0.821. The van der Waals surface area contributed by atoms with Crippen molar-refractivity contribution in [3.8, 4) is 0 Å². The lowest BCUT2D eigenvalue weighted by Gasteiger charge is -2.18. The molecule has 1 N–H and O–H groups in total. The zero-order valence-corrected chi connectivity index (χ0v) is 10.9. The fourth-order valence-electron chi connectivity index (χ4n) is 1.60. The van der Waals surface area contributed by atoms with E-state index in [0.29, 0.717) is 11.1 Å². The van der Waals surface area contributed by atoms with Crippen LogP contribution in [0.25, 0.3) is 0 Å². The zero-order chi connectivity index (χ0) is 13.7. The van der Waals surface area contributed by atoms with Gasteiger partial charge >= 0.3 is 0 Å². The molecule has 2 amide bonds. The van der Waals surface area contributed by atoms with Crippen LogP contribution in [0.3, 0.4) is 0 Å². The lowest BCUT2D eigenvalue weighted by Crippen LogP contribution is -2.42. The first-order valence-electron chi connectivity index (χ1n) is 5.62. The Kier molecular flexibility index (Phi) is 4.33. The highest BCUT2D eigenvalue weighted by molar-refractivity contribution is 7.78. The third-order valence-electron chi connectivity index (χ3n) is 2.55. The van der Waals surface area contributed by atoms with Crippen molar-refractivity contribution in [2.24, 2.45) is 0 Å². The molecule has 96 valence electrons. The van der Waals surface area contributed by atoms with Gasteiger partial charge in [0.2, 0.25) is 0 Å². The van der Waals surface area contributed by atoms with Crippen LogP contribution in [0, 0.1) is 0 Å². The molecule has 0 unspecified atom stereocenters. The molecule has 0 saturated heterocycles. The highest BCUT2D eigenvalue weighted by Gasteiger charge is 2.22. The average molecular weight is 272 g/mol.